The van der Waals surface area contributed by atoms with Gasteiger partial charge in [-0.3, -0.25) is 4.99 Å². The number of guanidine groups is 1. The van der Waals surface area contributed by atoms with E-state index in [-0.39, 0.29) is 5.96 Å². The summed E-state index contributed by atoms with van der Waals surface area (Å²) in [5.74, 6) is 0.235. The number of nitrogens with zero attached hydrogens (tertiary/aromatic N) is 1. The molecule has 0 aliphatic carbocycles. The summed E-state index contributed by atoms with van der Waals surface area (Å²) in [7, 11) is -1.46. The first-order valence-corrected chi connectivity index (χ1v) is 8.56. The van der Waals surface area contributed by atoms with Crippen molar-refractivity contribution in [3.63, 3.8) is 0 Å². The molecule has 0 spiro atoms. The summed E-state index contributed by atoms with van der Waals surface area (Å²) in [5.41, 5.74) is 11.4. The van der Waals surface area contributed by atoms with Gasteiger partial charge < -0.3 is 11.5 Å². The molecule has 0 bridgehead atoms. The first kappa shape index (κ1) is 14.5. The van der Waals surface area contributed by atoms with Gasteiger partial charge in [0.1, 0.15) is 0 Å². The van der Waals surface area contributed by atoms with Crippen molar-refractivity contribution >= 4 is 14.0 Å². The Balaban J connectivity index is 5.16. The van der Waals surface area contributed by atoms with Crippen LogP contribution in [0.25, 0.3) is 0 Å². The summed E-state index contributed by atoms with van der Waals surface area (Å²) < 4.78 is 0. The molecule has 0 aromatic heterocycles. The molecule has 0 amide bonds. The summed E-state index contributed by atoms with van der Waals surface area (Å²) in [6.07, 6.45) is 1.03. The summed E-state index contributed by atoms with van der Waals surface area (Å²) >= 11 is 0. The number of hydrogen-bond donors (Lipinski definition) is 2. The zero-order chi connectivity index (χ0) is 12.3. The molecule has 0 saturated heterocycles. The maximum absolute atomic E-state index is 5.51. The van der Waals surface area contributed by atoms with Gasteiger partial charge in [0.2, 0.25) is 0 Å². The molecule has 0 aliphatic rings. The highest BCUT2D eigenvalue weighted by Gasteiger charge is 2.44. The molecule has 4 N–H and O–H groups in total. The zero-order valence-corrected chi connectivity index (χ0v) is 12.1. The van der Waals surface area contributed by atoms with Crippen LogP contribution in [-0.2, 0) is 0 Å². The van der Waals surface area contributed by atoms with Gasteiger partial charge >= 0.3 is 0 Å². The van der Waals surface area contributed by atoms with Crippen molar-refractivity contribution in [3.05, 3.63) is 0 Å². The van der Waals surface area contributed by atoms with Crippen LogP contribution in [0.1, 0.15) is 41.0 Å². The van der Waals surface area contributed by atoms with Crippen LogP contribution < -0.4 is 11.5 Å². The average molecular weight is 229 g/mol. The van der Waals surface area contributed by atoms with E-state index in [1.165, 1.54) is 6.04 Å². The Bertz CT molecular complexity index is 228. The van der Waals surface area contributed by atoms with Crippen molar-refractivity contribution in [1.29, 1.82) is 0 Å². The van der Waals surface area contributed by atoms with E-state index in [0.29, 0.717) is 10.7 Å². The fraction of sp³-hybridized carbons (Fsp3) is 0.909. The second-order valence-electron chi connectivity index (χ2n) is 5.50. The minimum atomic E-state index is -1.46. The van der Waals surface area contributed by atoms with Crippen LogP contribution in [0.2, 0.25) is 17.6 Å². The van der Waals surface area contributed by atoms with E-state index < -0.39 is 8.07 Å². The van der Waals surface area contributed by atoms with E-state index >= 15 is 0 Å². The van der Waals surface area contributed by atoms with E-state index in [2.05, 4.69) is 46.2 Å². The standard InChI is InChI=1S/C11H27N3Si/c1-7-9(14-10(12)13)15(6,8-2)11(3,4)5/h9H,7-8H2,1-6H3,(H4,12,13,14). The maximum atomic E-state index is 5.51. The van der Waals surface area contributed by atoms with Crippen molar-refractivity contribution in [2.75, 3.05) is 0 Å². The van der Waals surface area contributed by atoms with Crippen LogP contribution in [0, 0.1) is 0 Å². The van der Waals surface area contributed by atoms with Gasteiger partial charge in [0, 0.05) is 5.67 Å². The Labute approximate surface area is 95.3 Å². The number of hydrogen-bond acceptors (Lipinski definition) is 1. The second-order valence-corrected chi connectivity index (χ2v) is 11.2. The molecule has 0 radical (unpaired) electrons. The van der Waals surface area contributed by atoms with Crippen LogP contribution in [0.5, 0.6) is 0 Å². The predicted molar refractivity (Wildman–Crippen MR) is 71.7 cm³/mol. The van der Waals surface area contributed by atoms with Crippen molar-refractivity contribution < 1.29 is 0 Å². The molecule has 0 heterocycles. The van der Waals surface area contributed by atoms with Gasteiger partial charge in [0.25, 0.3) is 0 Å². The van der Waals surface area contributed by atoms with E-state index in [1.807, 2.05) is 0 Å². The SMILES string of the molecule is CCC(N=C(N)N)[Si](C)(CC)C(C)(C)C. The van der Waals surface area contributed by atoms with Crippen molar-refractivity contribution in [3.8, 4) is 0 Å². The minimum Gasteiger partial charge on any atom is -0.370 e. The molecule has 0 aromatic carbocycles. The van der Waals surface area contributed by atoms with Crippen LogP contribution in [-0.4, -0.2) is 19.7 Å². The summed E-state index contributed by atoms with van der Waals surface area (Å²) in [4.78, 5) is 4.44. The normalized spacial score (nSPS) is 18.0. The van der Waals surface area contributed by atoms with Crippen LogP contribution in [0.3, 0.4) is 0 Å². The topological polar surface area (TPSA) is 64.4 Å². The van der Waals surface area contributed by atoms with Gasteiger partial charge in [-0.2, -0.15) is 0 Å². The van der Waals surface area contributed by atoms with Gasteiger partial charge in [0.05, 0.1) is 8.07 Å². The Morgan fingerprint density at radius 3 is 1.93 bits per heavy atom. The first-order valence-electron chi connectivity index (χ1n) is 5.77. The van der Waals surface area contributed by atoms with Gasteiger partial charge in [-0.1, -0.05) is 47.2 Å². The molecular weight excluding hydrogens is 202 g/mol. The molecule has 3 nitrogen and oxygen atoms in total. The van der Waals surface area contributed by atoms with Gasteiger partial charge in [-0.05, 0) is 11.5 Å². The summed E-state index contributed by atoms with van der Waals surface area (Å²) in [6, 6.07) is 1.21. The molecule has 2 unspecified atom stereocenters. The van der Waals surface area contributed by atoms with Gasteiger partial charge in [0.15, 0.2) is 5.96 Å². The minimum absolute atomic E-state index is 0.235. The molecule has 0 fully saturated rings. The number of nitrogens with two attached hydrogens (primary N) is 2. The van der Waals surface area contributed by atoms with Crippen molar-refractivity contribution in [2.24, 2.45) is 16.5 Å². The largest absolute Gasteiger partial charge is 0.370 e. The number of aliphatic imine (C=N–C) groups is 1. The highest BCUT2D eigenvalue weighted by atomic mass is 28.3. The third kappa shape index (κ3) is 3.23. The Morgan fingerprint density at radius 1 is 1.27 bits per heavy atom. The van der Waals surface area contributed by atoms with Crippen molar-refractivity contribution in [1.82, 2.24) is 0 Å². The molecule has 0 aromatic rings. The Morgan fingerprint density at radius 2 is 1.73 bits per heavy atom. The second kappa shape index (κ2) is 5.01. The predicted octanol–water partition coefficient (Wildman–Crippen LogP) is 2.48. The lowest BCUT2D eigenvalue weighted by Crippen LogP contribution is -2.51. The fourth-order valence-electron chi connectivity index (χ4n) is 2.13. The molecule has 0 saturated carbocycles. The average Bonchev–Trinajstić information content (AvgIpc) is 2.10. The van der Waals surface area contributed by atoms with Crippen molar-refractivity contribution in [2.45, 2.75) is 64.3 Å². The van der Waals surface area contributed by atoms with Gasteiger partial charge in [-0.25, -0.2) is 0 Å². The van der Waals surface area contributed by atoms with E-state index in [1.54, 1.807) is 0 Å². The summed E-state index contributed by atoms with van der Waals surface area (Å²) in [5, 5.41) is 0.335. The van der Waals surface area contributed by atoms with E-state index in [4.69, 9.17) is 11.5 Å². The highest BCUT2D eigenvalue weighted by molar-refractivity contribution is 6.82. The van der Waals surface area contributed by atoms with E-state index in [0.717, 1.165) is 6.42 Å². The quantitative estimate of drug-likeness (QED) is 0.442. The monoisotopic (exact) mass is 229 g/mol. The molecule has 2 atom stereocenters. The Hall–Kier alpha value is -0.513. The molecule has 0 aliphatic heterocycles. The third-order valence-electron chi connectivity index (χ3n) is 3.87. The first-order chi connectivity index (χ1) is 6.69. The fourth-order valence-corrected chi connectivity index (χ4v) is 6.00. The zero-order valence-electron chi connectivity index (χ0n) is 11.1. The van der Waals surface area contributed by atoms with E-state index in [9.17, 15) is 0 Å². The number of rotatable bonds is 4. The molecule has 15 heavy (non-hydrogen) atoms. The van der Waals surface area contributed by atoms with Crippen LogP contribution >= 0.6 is 0 Å². The summed E-state index contributed by atoms with van der Waals surface area (Å²) in [6.45, 7) is 13.8. The lowest BCUT2D eigenvalue weighted by molar-refractivity contribution is 0.661. The molecule has 90 valence electrons. The Kier molecular flexibility index (Phi) is 4.84. The molecule has 4 heteroatoms. The lowest BCUT2D eigenvalue weighted by atomic mass is 10.2. The highest BCUT2D eigenvalue weighted by Crippen LogP contribution is 2.42. The molecule has 0 rings (SSSR count). The lowest BCUT2D eigenvalue weighted by Gasteiger charge is -2.43. The smallest absolute Gasteiger partial charge is 0.185 e. The van der Waals surface area contributed by atoms with Crippen LogP contribution in [0.15, 0.2) is 4.99 Å². The van der Waals surface area contributed by atoms with Crippen LogP contribution in [0.4, 0.5) is 0 Å². The molecular formula is C11H27N3Si. The third-order valence-corrected chi connectivity index (χ3v) is 10.8. The van der Waals surface area contributed by atoms with Gasteiger partial charge in [-0.15, -0.1) is 0 Å². The maximum Gasteiger partial charge on any atom is 0.185 e.